The van der Waals surface area contributed by atoms with E-state index in [1.807, 2.05) is 4.90 Å². The Kier molecular flexibility index (Phi) is 7.27. The van der Waals surface area contributed by atoms with Gasteiger partial charge in [0, 0.05) is 33.3 Å². The summed E-state index contributed by atoms with van der Waals surface area (Å²) in [4.78, 5) is 29.1. The molecular formula is C19H25FN4O5S. The molecule has 1 aromatic rings. The SMILES string of the molecule is COCC(=O)N1CCN(c2ccc(N3C[C@H](CNC(=S)OC)OC3=O)cc2F)CC1. The number of nitrogens with one attached hydrogen (secondary N) is 1. The Morgan fingerprint density at radius 3 is 2.67 bits per heavy atom. The van der Waals surface area contributed by atoms with E-state index >= 15 is 0 Å². The third-order valence-electron chi connectivity index (χ3n) is 5.02. The Morgan fingerprint density at radius 1 is 1.30 bits per heavy atom. The number of benzene rings is 1. The van der Waals surface area contributed by atoms with Crippen molar-refractivity contribution >= 4 is 40.8 Å². The van der Waals surface area contributed by atoms with E-state index in [0.717, 1.165) is 0 Å². The van der Waals surface area contributed by atoms with Crippen LogP contribution in [0.1, 0.15) is 0 Å². The topological polar surface area (TPSA) is 83.6 Å². The van der Waals surface area contributed by atoms with E-state index in [4.69, 9.17) is 26.4 Å². The molecule has 2 aliphatic rings. The summed E-state index contributed by atoms with van der Waals surface area (Å²) in [7, 11) is 2.93. The lowest BCUT2D eigenvalue weighted by molar-refractivity contribution is -0.135. The second-order valence-corrected chi connectivity index (χ2v) is 7.30. The highest BCUT2D eigenvalue weighted by Gasteiger charge is 2.33. The van der Waals surface area contributed by atoms with Crippen LogP contribution in [0.15, 0.2) is 18.2 Å². The molecular weight excluding hydrogens is 415 g/mol. The number of hydrogen-bond donors (Lipinski definition) is 1. The highest BCUT2D eigenvalue weighted by atomic mass is 32.1. The van der Waals surface area contributed by atoms with Crippen LogP contribution < -0.4 is 15.1 Å². The van der Waals surface area contributed by atoms with Gasteiger partial charge < -0.3 is 29.3 Å². The van der Waals surface area contributed by atoms with E-state index in [0.29, 0.717) is 44.1 Å². The molecule has 0 bridgehead atoms. The number of piperazine rings is 1. The van der Waals surface area contributed by atoms with E-state index < -0.39 is 18.0 Å². The number of carbonyl (C=O) groups excluding carboxylic acids is 2. The summed E-state index contributed by atoms with van der Waals surface area (Å²) in [6.07, 6.45) is -0.964. The van der Waals surface area contributed by atoms with Gasteiger partial charge in [0.1, 0.15) is 18.5 Å². The molecule has 30 heavy (non-hydrogen) atoms. The molecule has 0 aromatic heterocycles. The highest BCUT2D eigenvalue weighted by molar-refractivity contribution is 7.80. The third kappa shape index (κ3) is 5.08. The summed E-state index contributed by atoms with van der Waals surface area (Å²) in [6.45, 7) is 2.66. The second kappa shape index (κ2) is 9.90. The number of ether oxygens (including phenoxy) is 3. The molecule has 2 aliphatic heterocycles. The first-order valence-corrected chi connectivity index (χ1v) is 9.95. The van der Waals surface area contributed by atoms with Crippen molar-refractivity contribution in [3.63, 3.8) is 0 Å². The Labute approximate surface area is 179 Å². The Hall–Kier alpha value is -2.66. The molecule has 1 N–H and O–H groups in total. The lowest BCUT2D eigenvalue weighted by Crippen LogP contribution is -2.50. The van der Waals surface area contributed by atoms with Crippen molar-refractivity contribution in [1.29, 1.82) is 0 Å². The molecule has 2 saturated heterocycles. The lowest BCUT2D eigenvalue weighted by atomic mass is 10.2. The molecule has 0 radical (unpaired) electrons. The van der Waals surface area contributed by atoms with Crippen LogP contribution in [0.2, 0.25) is 0 Å². The quantitative estimate of drug-likeness (QED) is 0.656. The van der Waals surface area contributed by atoms with Crippen LogP contribution in [0.4, 0.5) is 20.6 Å². The molecule has 1 atom stereocenters. The van der Waals surface area contributed by atoms with Gasteiger partial charge >= 0.3 is 6.09 Å². The standard InChI is InChI=1S/C19H25FN4O5S/c1-27-12-17(25)23-7-5-22(6-8-23)16-4-3-13(9-15(16)20)24-11-14(29-19(24)26)10-21-18(30)28-2/h3-4,9,14H,5-8,10-12H2,1-2H3,(H,21,30)/t14-/m0/s1. The summed E-state index contributed by atoms with van der Waals surface area (Å²) in [5.41, 5.74) is 0.862. The van der Waals surface area contributed by atoms with Crippen molar-refractivity contribution in [3.05, 3.63) is 24.0 Å². The number of rotatable bonds is 6. The number of anilines is 2. The average molecular weight is 440 g/mol. The molecule has 1 aromatic carbocycles. The summed E-state index contributed by atoms with van der Waals surface area (Å²) in [5, 5.41) is 3.05. The number of cyclic esters (lactones) is 1. The normalized spacial score (nSPS) is 19.0. The first-order chi connectivity index (χ1) is 14.4. The van der Waals surface area contributed by atoms with Gasteiger partial charge in [0.05, 0.1) is 31.6 Å². The largest absolute Gasteiger partial charge is 0.474 e. The third-order valence-corrected chi connectivity index (χ3v) is 5.33. The first kappa shape index (κ1) is 22.0. The van der Waals surface area contributed by atoms with Crippen molar-refractivity contribution < 1.29 is 28.2 Å². The van der Waals surface area contributed by atoms with Gasteiger partial charge in [0.15, 0.2) is 0 Å². The van der Waals surface area contributed by atoms with Crippen LogP contribution in [-0.4, -0.2) is 88.3 Å². The van der Waals surface area contributed by atoms with Crippen LogP contribution >= 0.6 is 12.2 Å². The summed E-state index contributed by atoms with van der Waals surface area (Å²) in [5.74, 6) is -0.505. The molecule has 9 nitrogen and oxygen atoms in total. The zero-order valence-electron chi connectivity index (χ0n) is 16.9. The molecule has 3 rings (SSSR count). The monoisotopic (exact) mass is 440 g/mol. The van der Waals surface area contributed by atoms with E-state index in [1.165, 1.54) is 25.2 Å². The number of nitrogens with zero attached hydrogens (tertiary/aromatic N) is 3. The van der Waals surface area contributed by atoms with E-state index in [2.05, 4.69) is 5.32 Å². The predicted molar refractivity (Wildman–Crippen MR) is 112 cm³/mol. The van der Waals surface area contributed by atoms with Crippen LogP contribution in [0.3, 0.4) is 0 Å². The summed E-state index contributed by atoms with van der Waals surface area (Å²) in [6, 6.07) is 4.67. The van der Waals surface area contributed by atoms with Gasteiger partial charge in [-0.2, -0.15) is 0 Å². The number of carbonyl (C=O) groups is 2. The molecule has 164 valence electrons. The van der Waals surface area contributed by atoms with E-state index in [9.17, 15) is 14.0 Å². The number of halogens is 1. The molecule has 2 amide bonds. The Morgan fingerprint density at radius 2 is 2.03 bits per heavy atom. The molecule has 0 saturated carbocycles. The predicted octanol–water partition coefficient (Wildman–Crippen LogP) is 0.967. The fraction of sp³-hybridized carbons (Fsp3) is 0.526. The lowest BCUT2D eigenvalue weighted by Gasteiger charge is -2.36. The van der Waals surface area contributed by atoms with E-state index in [1.54, 1.807) is 17.0 Å². The van der Waals surface area contributed by atoms with Crippen LogP contribution in [0.5, 0.6) is 0 Å². The molecule has 11 heteroatoms. The Balaban J connectivity index is 1.60. The van der Waals surface area contributed by atoms with Crippen molar-refractivity contribution in [3.8, 4) is 0 Å². The molecule has 0 spiro atoms. The fourth-order valence-corrected chi connectivity index (χ4v) is 3.52. The smallest absolute Gasteiger partial charge is 0.414 e. The summed E-state index contributed by atoms with van der Waals surface area (Å²) < 4.78 is 29.8. The van der Waals surface area contributed by atoms with Gasteiger partial charge in [-0.1, -0.05) is 0 Å². The van der Waals surface area contributed by atoms with Crippen LogP contribution in [-0.2, 0) is 19.0 Å². The Bertz CT molecular complexity index is 803. The van der Waals surface area contributed by atoms with Crippen molar-refractivity contribution in [2.75, 3.05) is 69.9 Å². The minimum Gasteiger partial charge on any atom is -0.474 e. The van der Waals surface area contributed by atoms with E-state index in [-0.39, 0.29) is 24.2 Å². The number of hydrogen-bond acceptors (Lipinski definition) is 7. The van der Waals surface area contributed by atoms with Gasteiger partial charge in [-0.15, -0.1) is 0 Å². The maximum atomic E-state index is 14.8. The van der Waals surface area contributed by atoms with Gasteiger partial charge in [-0.05, 0) is 30.4 Å². The van der Waals surface area contributed by atoms with Crippen molar-refractivity contribution in [2.45, 2.75) is 6.10 Å². The zero-order valence-corrected chi connectivity index (χ0v) is 17.7. The maximum Gasteiger partial charge on any atom is 0.414 e. The number of methoxy groups -OCH3 is 2. The molecule has 2 fully saturated rings. The molecule has 2 heterocycles. The van der Waals surface area contributed by atoms with Gasteiger partial charge in [-0.25, -0.2) is 9.18 Å². The fourth-order valence-electron chi connectivity index (χ4n) is 3.44. The van der Waals surface area contributed by atoms with Gasteiger partial charge in [0.25, 0.3) is 5.17 Å². The van der Waals surface area contributed by atoms with Gasteiger partial charge in [0.2, 0.25) is 5.91 Å². The first-order valence-electron chi connectivity index (χ1n) is 9.54. The number of thiocarbonyl (C=S) groups is 1. The minimum absolute atomic E-state index is 0.0444. The zero-order chi connectivity index (χ0) is 21.7. The van der Waals surface area contributed by atoms with Gasteiger partial charge in [-0.3, -0.25) is 9.69 Å². The summed E-state index contributed by atoms with van der Waals surface area (Å²) >= 11 is 4.90. The maximum absolute atomic E-state index is 14.8. The average Bonchev–Trinajstić information content (AvgIpc) is 3.12. The minimum atomic E-state index is -0.539. The van der Waals surface area contributed by atoms with Crippen molar-refractivity contribution in [1.82, 2.24) is 10.2 Å². The van der Waals surface area contributed by atoms with Crippen LogP contribution in [0.25, 0.3) is 0 Å². The van der Waals surface area contributed by atoms with Crippen LogP contribution in [0, 0.1) is 5.82 Å². The molecule has 0 unspecified atom stereocenters. The van der Waals surface area contributed by atoms with Crippen molar-refractivity contribution in [2.24, 2.45) is 0 Å². The second-order valence-electron chi connectivity index (χ2n) is 6.93. The number of amides is 2. The highest BCUT2D eigenvalue weighted by Crippen LogP contribution is 2.28. The molecule has 0 aliphatic carbocycles.